The molecule has 5 heteroatoms. The van der Waals surface area contributed by atoms with Crippen LogP contribution in [0.15, 0.2) is 0 Å². The molecule has 0 saturated carbocycles. The molecule has 0 aliphatic carbocycles. The van der Waals surface area contributed by atoms with Crippen LogP contribution in [0.5, 0.6) is 0 Å². The number of primary amides is 1. The molecule has 0 fully saturated rings. The van der Waals surface area contributed by atoms with E-state index < -0.39 is 23.7 Å². The Morgan fingerprint density at radius 1 is 1.31 bits per heavy atom. The first-order chi connectivity index (χ1) is 7.43. The van der Waals surface area contributed by atoms with Gasteiger partial charge in [-0.3, -0.25) is 14.8 Å². The molecule has 0 heterocycles. The van der Waals surface area contributed by atoms with Crippen LogP contribution in [0.3, 0.4) is 0 Å². The Balaban J connectivity index is 4.78. The molecule has 0 spiro atoms. The Labute approximate surface area is 96.3 Å². The highest BCUT2D eigenvalue weighted by molar-refractivity contribution is 5.86. The fraction of sp³-hybridized carbons (Fsp3) is 0.818. The van der Waals surface area contributed by atoms with Gasteiger partial charge in [0, 0.05) is 5.92 Å². The maximum absolute atomic E-state index is 11.5. The van der Waals surface area contributed by atoms with Crippen LogP contribution in [0.2, 0.25) is 0 Å². The molecule has 0 aromatic heterocycles. The van der Waals surface area contributed by atoms with Crippen LogP contribution in [0, 0.1) is 17.8 Å². The number of hydrogen-bond donors (Lipinski definition) is 3. The average molecular weight is 230 g/mol. The molecule has 4 N–H and O–H groups in total. The summed E-state index contributed by atoms with van der Waals surface area (Å²) < 4.78 is 0. The van der Waals surface area contributed by atoms with Crippen LogP contribution < -0.4 is 11.2 Å². The second kappa shape index (κ2) is 7.22. The normalized spacial score (nSPS) is 14.6. The van der Waals surface area contributed by atoms with Gasteiger partial charge < -0.3 is 5.73 Å². The smallest absolute Gasteiger partial charge is 0.247 e. The molecule has 0 aliphatic heterocycles. The van der Waals surface area contributed by atoms with Gasteiger partial charge in [-0.1, -0.05) is 27.2 Å². The van der Waals surface area contributed by atoms with Crippen LogP contribution >= 0.6 is 0 Å². The van der Waals surface area contributed by atoms with Crippen molar-refractivity contribution in [2.75, 3.05) is 0 Å². The van der Waals surface area contributed by atoms with Gasteiger partial charge in [0.25, 0.3) is 0 Å². The van der Waals surface area contributed by atoms with Crippen molar-refractivity contribution in [3.05, 3.63) is 0 Å². The molecular formula is C11H22N2O3. The Morgan fingerprint density at radius 3 is 2.19 bits per heavy atom. The molecule has 16 heavy (non-hydrogen) atoms. The van der Waals surface area contributed by atoms with Gasteiger partial charge in [-0.2, -0.15) is 0 Å². The quantitative estimate of drug-likeness (QED) is 0.451. The van der Waals surface area contributed by atoms with Crippen molar-refractivity contribution in [2.45, 2.75) is 40.0 Å². The second-order valence-corrected chi connectivity index (χ2v) is 4.51. The lowest BCUT2D eigenvalue weighted by Gasteiger charge is -2.23. The zero-order chi connectivity index (χ0) is 12.7. The van der Waals surface area contributed by atoms with E-state index in [2.05, 4.69) is 0 Å². The fourth-order valence-corrected chi connectivity index (χ4v) is 1.90. The Bertz CT molecular complexity index is 241. The molecule has 0 aromatic rings. The Morgan fingerprint density at radius 2 is 1.88 bits per heavy atom. The van der Waals surface area contributed by atoms with Gasteiger partial charge in [0.15, 0.2) is 0 Å². The SMILES string of the molecule is CCCC(C(=O)NO)C(CC(C)C)C(N)=O. The number of nitrogens with two attached hydrogens (primary N) is 1. The molecule has 0 aliphatic rings. The van der Waals surface area contributed by atoms with Crippen molar-refractivity contribution < 1.29 is 14.8 Å². The number of amides is 2. The van der Waals surface area contributed by atoms with E-state index in [1.165, 1.54) is 0 Å². The van der Waals surface area contributed by atoms with Crippen LogP contribution in [-0.2, 0) is 9.59 Å². The summed E-state index contributed by atoms with van der Waals surface area (Å²) in [7, 11) is 0. The average Bonchev–Trinajstić information content (AvgIpc) is 2.21. The first kappa shape index (κ1) is 14.9. The van der Waals surface area contributed by atoms with Gasteiger partial charge in [0.05, 0.1) is 5.92 Å². The van der Waals surface area contributed by atoms with E-state index in [0.29, 0.717) is 12.8 Å². The number of carbonyl (C=O) groups excluding carboxylic acids is 2. The minimum atomic E-state index is -0.533. The zero-order valence-electron chi connectivity index (χ0n) is 10.2. The van der Waals surface area contributed by atoms with E-state index in [1.54, 1.807) is 5.48 Å². The summed E-state index contributed by atoms with van der Waals surface area (Å²) in [6.07, 6.45) is 1.88. The number of rotatable bonds is 7. The third-order valence-electron chi connectivity index (χ3n) is 2.62. The highest BCUT2D eigenvalue weighted by Gasteiger charge is 2.31. The first-order valence-electron chi connectivity index (χ1n) is 5.67. The second-order valence-electron chi connectivity index (χ2n) is 4.51. The highest BCUT2D eigenvalue weighted by Crippen LogP contribution is 2.24. The lowest BCUT2D eigenvalue weighted by molar-refractivity contribution is -0.140. The fourth-order valence-electron chi connectivity index (χ4n) is 1.90. The zero-order valence-corrected chi connectivity index (χ0v) is 10.2. The summed E-state index contributed by atoms with van der Waals surface area (Å²) in [5, 5.41) is 8.64. The molecule has 0 bridgehead atoms. The van der Waals surface area contributed by atoms with Crippen LogP contribution in [0.1, 0.15) is 40.0 Å². The van der Waals surface area contributed by atoms with E-state index in [4.69, 9.17) is 10.9 Å². The number of hydroxylamine groups is 1. The Hall–Kier alpha value is -1.10. The summed E-state index contributed by atoms with van der Waals surface area (Å²) in [6.45, 7) is 5.86. The van der Waals surface area contributed by atoms with E-state index in [9.17, 15) is 9.59 Å². The van der Waals surface area contributed by atoms with Crippen LogP contribution in [-0.4, -0.2) is 17.0 Å². The van der Waals surface area contributed by atoms with Gasteiger partial charge in [-0.15, -0.1) is 0 Å². The maximum atomic E-state index is 11.5. The minimum Gasteiger partial charge on any atom is -0.369 e. The molecule has 2 atom stereocenters. The number of hydrogen-bond acceptors (Lipinski definition) is 3. The molecule has 0 rings (SSSR count). The Kier molecular flexibility index (Phi) is 6.72. The summed E-state index contributed by atoms with van der Waals surface area (Å²) >= 11 is 0. The maximum Gasteiger partial charge on any atom is 0.247 e. The number of carbonyl (C=O) groups is 2. The highest BCUT2D eigenvalue weighted by atomic mass is 16.5. The lowest BCUT2D eigenvalue weighted by atomic mass is 9.82. The van der Waals surface area contributed by atoms with Crippen LogP contribution in [0.25, 0.3) is 0 Å². The molecule has 94 valence electrons. The van der Waals surface area contributed by atoms with Gasteiger partial charge in [-0.25, -0.2) is 5.48 Å². The van der Waals surface area contributed by atoms with E-state index in [0.717, 1.165) is 6.42 Å². The van der Waals surface area contributed by atoms with E-state index in [-0.39, 0.29) is 5.92 Å². The lowest BCUT2D eigenvalue weighted by Crippen LogP contribution is -2.40. The van der Waals surface area contributed by atoms with E-state index in [1.807, 2.05) is 20.8 Å². The third kappa shape index (κ3) is 4.61. The summed E-state index contributed by atoms with van der Waals surface area (Å²) in [5.74, 6) is -1.76. The van der Waals surface area contributed by atoms with Crippen molar-refractivity contribution >= 4 is 11.8 Å². The topological polar surface area (TPSA) is 92.4 Å². The largest absolute Gasteiger partial charge is 0.369 e. The molecular weight excluding hydrogens is 208 g/mol. The van der Waals surface area contributed by atoms with Gasteiger partial charge in [0.1, 0.15) is 0 Å². The van der Waals surface area contributed by atoms with Gasteiger partial charge in [0.2, 0.25) is 11.8 Å². The summed E-state index contributed by atoms with van der Waals surface area (Å²) in [5.41, 5.74) is 6.92. The monoisotopic (exact) mass is 230 g/mol. The molecule has 2 amide bonds. The van der Waals surface area contributed by atoms with Gasteiger partial charge in [-0.05, 0) is 18.8 Å². The third-order valence-corrected chi connectivity index (χ3v) is 2.62. The summed E-state index contributed by atoms with van der Waals surface area (Å²) in [4.78, 5) is 22.8. The molecule has 2 unspecified atom stereocenters. The molecule has 0 aromatic carbocycles. The van der Waals surface area contributed by atoms with E-state index >= 15 is 0 Å². The van der Waals surface area contributed by atoms with Crippen molar-refractivity contribution in [1.82, 2.24) is 5.48 Å². The first-order valence-corrected chi connectivity index (χ1v) is 5.67. The van der Waals surface area contributed by atoms with Gasteiger partial charge >= 0.3 is 0 Å². The predicted octanol–water partition coefficient (Wildman–Crippen LogP) is 1.06. The number of nitrogens with one attached hydrogen (secondary N) is 1. The minimum absolute atomic E-state index is 0.281. The molecule has 5 nitrogen and oxygen atoms in total. The molecule has 0 saturated heterocycles. The van der Waals surface area contributed by atoms with Crippen LogP contribution in [0.4, 0.5) is 0 Å². The van der Waals surface area contributed by atoms with Crippen molar-refractivity contribution in [3.63, 3.8) is 0 Å². The van der Waals surface area contributed by atoms with Crippen molar-refractivity contribution in [3.8, 4) is 0 Å². The van der Waals surface area contributed by atoms with Crippen molar-refractivity contribution in [1.29, 1.82) is 0 Å². The predicted molar refractivity (Wildman–Crippen MR) is 60.5 cm³/mol. The van der Waals surface area contributed by atoms with Crippen molar-refractivity contribution in [2.24, 2.45) is 23.5 Å². The summed E-state index contributed by atoms with van der Waals surface area (Å²) in [6, 6.07) is 0. The standard InChI is InChI=1S/C11H22N2O3/c1-4-5-8(11(15)13-16)9(10(12)14)6-7(2)3/h7-9,16H,4-6H2,1-3H3,(H2,12,14)(H,13,15). The molecule has 0 radical (unpaired) electrons.